The molecule has 0 saturated heterocycles. The van der Waals surface area contributed by atoms with Gasteiger partial charge in [-0.25, -0.2) is 18.5 Å². The molecule has 0 aliphatic rings. The lowest BCUT2D eigenvalue weighted by molar-refractivity contribution is -0.123. The molecule has 4 aromatic rings. The van der Waals surface area contributed by atoms with Crippen LogP contribution in [0.5, 0.6) is 5.75 Å². The number of hydrogen-bond donors (Lipinski definition) is 2. The number of thiophene rings is 2. The molecule has 0 atom stereocenters. The van der Waals surface area contributed by atoms with Crippen LogP contribution in [0, 0.1) is 6.92 Å². The number of aryl methyl sites for hydroxylation is 1. The molecule has 7 nitrogen and oxygen atoms in total. The van der Waals surface area contributed by atoms with E-state index in [0.29, 0.717) is 10.6 Å². The fourth-order valence-corrected chi connectivity index (χ4v) is 6.24. The Kier molecular flexibility index (Phi) is 5.10. The minimum Gasteiger partial charge on any atom is -0.483 e. The van der Waals surface area contributed by atoms with Crippen LogP contribution in [0.3, 0.4) is 0 Å². The Labute approximate surface area is 172 Å². The van der Waals surface area contributed by atoms with Gasteiger partial charge in [-0.3, -0.25) is 4.79 Å². The largest absolute Gasteiger partial charge is 0.483 e. The number of benzene rings is 1. The number of primary sulfonamides is 1. The number of sulfonamides is 1. The molecule has 0 aliphatic carbocycles. The number of ether oxygens (including phenoxy) is 1. The number of nitrogens with zero attached hydrogens (tertiary/aromatic N) is 1. The summed E-state index contributed by atoms with van der Waals surface area (Å²) in [6.45, 7) is 2.04. The summed E-state index contributed by atoms with van der Waals surface area (Å²) >= 11 is 4.21. The zero-order chi connectivity index (χ0) is 19.9. The third-order valence-electron chi connectivity index (χ3n) is 3.90. The Morgan fingerprint density at radius 2 is 2.11 bits per heavy atom. The van der Waals surface area contributed by atoms with Crippen LogP contribution in [0.25, 0.3) is 20.3 Å². The van der Waals surface area contributed by atoms with Gasteiger partial charge in [-0.2, -0.15) is 0 Å². The van der Waals surface area contributed by atoms with Gasteiger partial charge in [-0.1, -0.05) is 0 Å². The highest BCUT2D eigenvalue weighted by Crippen LogP contribution is 2.38. The maximum atomic E-state index is 12.2. The van der Waals surface area contributed by atoms with Crippen LogP contribution in [-0.4, -0.2) is 25.9 Å². The molecule has 0 saturated carbocycles. The number of amides is 1. The zero-order valence-electron chi connectivity index (χ0n) is 14.6. The quantitative estimate of drug-likeness (QED) is 0.466. The van der Waals surface area contributed by atoms with Gasteiger partial charge in [0.05, 0.1) is 26.5 Å². The van der Waals surface area contributed by atoms with Crippen molar-refractivity contribution in [2.75, 3.05) is 6.61 Å². The highest BCUT2D eigenvalue weighted by Gasteiger charge is 2.14. The predicted molar refractivity (Wildman–Crippen MR) is 113 cm³/mol. The first-order valence-electron chi connectivity index (χ1n) is 8.09. The first-order valence-corrected chi connectivity index (χ1v) is 12.2. The number of fused-ring (bicyclic) bond motifs is 3. The third kappa shape index (κ3) is 3.89. The first kappa shape index (κ1) is 19.3. The van der Waals surface area contributed by atoms with Crippen molar-refractivity contribution in [3.05, 3.63) is 39.5 Å². The maximum Gasteiger partial charge on any atom is 0.258 e. The van der Waals surface area contributed by atoms with Gasteiger partial charge in [-0.15, -0.1) is 34.0 Å². The van der Waals surface area contributed by atoms with Gasteiger partial charge in [0.25, 0.3) is 5.91 Å². The van der Waals surface area contributed by atoms with E-state index in [-0.39, 0.29) is 23.3 Å². The highest BCUT2D eigenvalue weighted by atomic mass is 32.2. The van der Waals surface area contributed by atoms with E-state index in [1.807, 2.05) is 24.4 Å². The average molecular weight is 454 g/mol. The number of carbonyl (C=O) groups is 1. The molecule has 11 heteroatoms. The minimum atomic E-state index is -3.72. The van der Waals surface area contributed by atoms with E-state index in [2.05, 4.69) is 10.3 Å². The summed E-state index contributed by atoms with van der Waals surface area (Å²) in [7, 11) is -3.72. The summed E-state index contributed by atoms with van der Waals surface area (Å²) in [6.07, 6.45) is 0. The average Bonchev–Trinajstić information content (AvgIpc) is 3.34. The van der Waals surface area contributed by atoms with Crippen molar-refractivity contribution < 1.29 is 17.9 Å². The second kappa shape index (κ2) is 7.41. The number of nitrogens with two attached hydrogens (primary N) is 1. The summed E-state index contributed by atoms with van der Waals surface area (Å²) in [5.74, 6) is 0.352. The van der Waals surface area contributed by atoms with Crippen LogP contribution in [-0.2, 0) is 21.4 Å². The number of hydrogen-bond acceptors (Lipinski definition) is 8. The molecule has 0 unspecified atom stereocenters. The number of rotatable bonds is 6. The summed E-state index contributed by atoms with van der Waals surface area (Å²) in [5, 5.41) is 11.7. The van der Waals surface area contributed by atoms with E-state index >= 15 is 0 Å². The summed E-state index contributed by atoms with van der Waals surface area (Å²) in [6, 6.07) is 6.93. The fraction of sp³-hybridized carbons (Fsp3) is 0.176. The molecule has 146 valence electrons. The van der Waals surface area contributed by atoms with Gasteiger partial charge in [-0.05, 0) is 30.5 Å². The smallest absolute Gasteiger partial charge is 0.258 e. The lowest BCUT2D eigenvalue weighted by Crippen LogP contribution is -2.28. The molecular weight excluding hydrogens is 438 g/mol. The molecule has 1 amide bonds. The van der Waals surface area contributed by atoms with Crippen LogP contribution < -0.4 is 15.2 Å². The molecule has 3 aromatic heterocycles. The number of aromatic nitrogens is 1. The van der Waals surface area contributed by atoms with Crippen molar-refractivity contribution in [2.45, 2.75) is 17.7 Å². The lowest BCUT2D eigenvalue weighted by atomic mass is 10.2. The van der Waals surface area contributed by atoms with Crippen molar-refractivity contribution >= 4 is 70.2 Å². The van der Waals surface area contributed by atoms with Gasteiger partial charge in [0.2, 0.25) is 10.0 Å². The monoisotopic (exact) mass is 453 g/mol. The maximum absolute atomic E-state index is 12.2. The van der Waals surface area contributed by atoms with Crippen LogP contribution in [0.1, 0.15) is 9.88 Å². The molecule has 1 aromatic carbocycles. The van der Waals surface area contributed by atoms with Gasteiger partial charge < -0.3 is 10.1 Å². The molecule has 28 heavy (non-hydrogen) atoms. The van der Waals surface area contributed by atoms with Gasteiger partial charge in [0.15, 0.2) is 6.61 Å². The normalized spacial score (nSPS) is 11.9. The number of thiazole rings is 1. The SMILES string of the molecule is Cc1nc2c(cc(OCC(=O)NCc3ccc(S(N)(=O)=O)s3)c3ccsc32)s1. The number of nitrogens with one attached hydrogen (secondary N) is 1. The summed E-state index contributed by atoms with van der Waals surface area (Å²) in [4.78, 5) is 17.4. The highest BCUT2D eigenvalue weighted by molar-refractivity contribution is 7.91. The van der Waals surface area contributed by atoms with Crippen LogP contribution >= 0.6 is 34.0 Å². The van der Waals surface area contributed by atoms with Crippen molar-refractivity contribution in [1.82, 2.24) is 10.3 Å². The number of carbonyl (C=O) groups excluding carboxylic acids is 1. The van der Waals surface area contributed by atoms with E-state index in [4.69, 9.17) is 9.88 Å². The molecule has 3 heterocycles. The molecule has 0 radical (unpaired) electrons. The van der Waals surface area contributed by atoms with Crippen molar-refractivity contribution in [3.8, 4) is 5.75 Å². The predicted octanol–water partition coefficient (Wildman–Crippen LogP) is 3.22. The van der Waals surface area contributed by atoms with E-state index in [1.165, 1.54) is 6.07 Å². The fourth-order valence-electron chi connectivity index (χ4n) is 2.69. The Morgan fingerprint density at radius 3 is 2.86 bits per heavy atom. The second-order valence-electron chi connectivity index (χ2n) is 5.95. The van der Waals surface area contributed by atoms with Gasteiger partial charge in [0, 0.05) is 16.3 Å². The van der Waals surface area contributed by atoms with Crippen LogP contribution in [0.15, 0.2) is 33.9 Å². The van der Waals surface area contributed by atoms with Gasteiger partial charge >= 0.3 is 0 Å². The van der Waals surface area contributed by atoms with E-state index < -0.39 is 10.0 Å². The van der Waals surface area contributed by atoms with E-state index in [9.17, 15) is 13.2 Å². The Hall–Kier alpha value is -2.05. The summed E-state index contributed by atoms with van der Waals surface area (Å²) < 4.78 is 30.5. The standard InChI is InChI=1S/C17H15N3O4S4/c1-9-20-16-13(26-9)6-12(11-4-5-25-17(11)16)24-8-14(21)19-7-10-2-3-15(27-10)28(18,22)23/h2-6H,7-8H2,1H3,(H,19,21)(H2,18,22,23). The second-order valence-corrected chi connectivity index (χ2v) is 11.1. The van der Waals surface area contributed by atoms with Crippen molar-refractivity contribution in [3.63, 3.8) is 0 Å². The topological polar surface area (TPSA) is 111 Å². The molecule has 0 fully saturated rings. The first-order chi connectivity index (χ1) is 13.3. The Bertz CT molecular complexity index is 1290. The molecule has 0 bridgehead atoms. The third-order valence-corrected chi connectivity index (χ3v) is 8.27. The van der Waals surface area contributed by atoms with Crippen LogP contribution in [0.2, 0.25) is 0 Å². The van der Waals surface area contributed by atoms with Crippen molar-refractivity contribution in [1.29, 1.82) is 0 Å². The minimum absolute atomic E-state index is 0.0704. The Balaban J connectivity index is 1.43. The van der Waals surface area contributed by atoms with Crippen molar-refractivity contribution in [2.24, 2.45) is 5.14 Å². The zero-order valence-corrected chi connectivity index (χ0v) is 17.9. The van der Waals surface area contributed by atoms with Crippen LogP contribution in [0.4, 0.5) is 0 Å². The molecular formula is C17H15N3O4S4. The lowest BCUT2D eigenvalue weighted by Gasteiger charge is -2.08. The molecule has 0 spiro atoms. The molecule has 3 N–H and O–H groups in total. The van der Waals surface area contributed by atoms with E-state index in [0.717, 1.165) is 36.6 Å². The molecule has 4 rings (SSSR count). The molecule has 0 aliphatic heterocycles. The van der Waals surface area contributed by atoms with E-state index in [1.54, 1.807) is 28.7 Å². The summed E-state index contributed by atoms with van der Waals surface area (Å²) in [5.41, 5.74) is 0.965. The Morgan fingerprint density at radius 1 is 1.29 bits per heavy atom. The van der Waals surface area contributed by atoms with Gasteiger partial charge in [0.1, 0.15) is 9.96 Å².